The molecular formula is C26H35N3O2. The van der Waals surface area contributed by atoms with Crippen LogP contribution < -0.4 is 5.32 Å². The van der Waals surface area contributed by atoms with Crippen LogP contribution in [0.5, 0.6) is 0 Å². The van der Waals surface area contributed by atoms with Crippen molar-refractivity contribution in [2.24, 2.45) is 5.92 Å². The summed E-state index contributed by atoms with van der Waals surface area (Å²) in [7, 11) is 0. The summed E-state index contributed by atoms with van der Waals surface area (Å²) >= 11 is 0. The third-order valence-electron chi connectivity index (χ3n) is 8.82. The van der Waals surface area contributed by atoms with Gasteiger partial charge in [-0.25, -0.2) is 0 Å². The lowest BCUT2D eigenvalue weighted by molar-refractivity contribution is -0.126. The van der Waals surface area contributed by atoms with E-state index in [0.29, 0.717) is 17.9 Å². The molecule has 31 heavy (non-hydrogen) atoms. The normalized spacial score (nSPS) is 31.5. The van der Waals surface area contributed by atoms with Gasteiger partial charge in [0.2, 0.25) is 0 Å². The number of piperazine rings is 1. The number of Topliss-reactive ketones (excluding diaryl/α,β-unsaturated/α-hetero) is 1. The molecule has 3 atom stereocenters. The summed E-state index contributed by atoms with van der Waals surface area (Å²) in [6, 6.07) is 7.68. The van der Waals surface area contributed by atoms with Gasteiger partial charge in [0, 0.05) is 49.2 Å². The molecule has 1 N–H and O–H groups in total. The molecule has 5 heteroatoms. The van der Waals surface area contributed by atoms with Gasteiger partial charge in [-0.05, 0) is 61.8 Å². The summed E-state index contributed by atoms with van der Waals surface area (Å²) in [6.45, 7) is 2.77. The van der Waals surface area contributed by atoms with Crippen molar-refractivity contribution in [3.63, 3.8) is 0 Å². The van der Waals surface area contributed by atoms with E-state index in [2.05, 4.69) is 27.2 Å². The molecule has 166 valence electrons. The highest BCUT2D eigenvalue weighted by molar-refractivity contribution is 5.95. The molecule has 0 spiro atoms. The number of benzene rings is 1. The maximum atomic E-state index is 13.4. The zero-order valence-electron chi connectivity index (χ0n) is 18.5. The van der Waals surface area contributed by atoms with Crippen molar-refractivity contribution in [3.05, 3.63) is 34.9 Å². The fourth-order valence-electron chi connectivity index (χ4n) is 6.85. The van der Waals surface area contributed by atoms with Crippen molar-refractivity contribution in [1.29, 1.82) is 0 Å². The van der Waals surface area contributed by atoms with Gasteiger partial charge in [-0.3, -0.25) is 14.5 Å². The maximum absolute atomic E-state index is 13.4. The standard InChI is InChI=1S/C26H35N3O2/c30-25(17-5-2-1-3-6-17)24-23-10-9-19(13-18(23)11-12-27-24)26(31)29-16-21-14-22(29)15-28(21)20-7-4-8-20/h9-10,13,17,20-22,24,27H,1-8,11-12,14-16H2. The molecule has 2 bridgehead atoms. The first kappa shape index (κ1) is 19.9. The van der Waals surface area contributed by atoms with Gasteiger partial charge in [0.05, 0.1) is 6.04 Å². The van der Waals surface area contributed by atoms with Crippen LogP contribution in [0.25, 0.3) is 0 Å². The molecule has 5 aliphatic rings. The number of fused-ring (bicyclic) bond motifs is 3. The number of nitrogens with one attached hydrogen (secondary N) is 1. The summed E-state index contributed by atoms with van der Waals surface area (Å²) < 4.78 is 0. The highest BCUT2D eigenvalue weighted by Crippen LogP contribution is 2.38. The largest absolute Gasteiger partial charge is 0.333 e. The highest BCUT2D eigenvalue weighted by atomic mass is 16.2. The van der Waals surface area contributed by atoms with Gasteiger partial charge in [-0.15, -0.1) is 0 Å². The third-order valence-corrected chi connectivity index (χ3v) is 8.82. The number of ketones is 1. The smallest absolute Gasteiger partial charge is 0.254 e. The highest BCUT2D eigenvalue weighted by Gasteiger charge is 2.48. The molecule has 3 unspecified atom stereocenters. The Morgan fingerprint density at radius 3 is 2.45 bits per heavy atom. The lowest BCUT2D eigenvalue weighted by atomic mass is 9.80. The molecular weight excluding hydrogens is 386 g/mol. The average molecular weight is 422 g/mol. The zero-order chi connectivity index (χ0) is 20.9. The monoisotopic (exact) mass is 421 g/mol. The fraction of sp³-hybridized carbons (Fsp3) is 0.692. The maximum Gasteiger partial charge on any atom is 0.254 e. The number of carbonyl (C=O) groups is 2. The van der Waals surface area contributed by atoms with Gasteiger partial charge in [-0.1, -0.05) is 31.7 Å². The number of nitrogens with zero attached hydrogens (tertiary/aromatic N) is 2. The molecule has 0 aromatic heterocycles. The number of hydrogen-bond donors (Lipinski definition) is 1. The number of rotatable bonds is 4. The van der Waals surface area contributed by atoms with Crippen molar-refractivity contribution in [2.75, 3.05) is 19.6 Å². The van der Waals surface area contributed by atoms with Crippen molar-refractivity contribution in [3.8, 4) is 0 Å². The van der Waals surface area contributed by atoms with E-state index in [1.807, 2.05) is 6.07 Å². The van der Waals surface area contributed by atoms with Gasteiger partial charge >= 0.3 is 0 Å². The number of carbonyl (C=O) groups excluding carboxylic acids is 2. The molecule has 1 amide bonds. The van der Waals surface area contributed by atoms with E-state index >= 15 is 0 Å². The van der Waals surface area contributed by atoms with E-state index in [1.165, 1.54) is 44.1 Å². The minimum Gasteiger partial charge on any atom is -0.333 e. The minimum atomic E-state index is -0.185. The van der Waals surface area contributed by atoms with Crippen LogP contribution in [-0.4, -0.2) is 59.3 Å². The second-order valence-corrected chi connectivity index (χ2v) is 10.6. The summed E-state index contributed by atoms with van der Waals surface area (Å²) in [4.78, 5) is 31.4. The SMILES string of the molecule is O=C(C1CCCCC1)C1NCCc2cc(C(=O)N3CC4CC3CN4C3CCC3)ccc21. The Labute approximate surface area is 185 Å². The summed E-state index contributed by atoms with van der Waals surface area (Å²) in [5.41, 5.74) is 3.11. The molecule has 5 nitrogen and oxygen atoms in total. The topological polar surface area (TPSA) is 52.7 Å². The van der Waals surface area contributed by atoms with Gasteiger partial charge in [0.1, 0.15) is 0 Å². The first-order valence-electron chi connectivity index (χ1n) is 12.7. The van der Waals surface area contributed by atoms with Crippen LogP contribution in [0.4, 0.5) is 0 Å². The molecule has 2 saturated carbocycles. The quantitative estimate of drug-likeness (QED) is 0.809. The van der Waals surface area contributed by atoms with E-state index in [0.717, 1.165) is 62.5 Å². The van der Waals surface area contributed by atoms with Crippen molar-refractivity contribution < 1.29 is 9.59 Å². The summed E-state index contributed by atoms with van der Waals surface area (Å²) in [6.07, 6.45) is 11.8. The van der Waals surface area contributed by atoms with Crippen molar-refractivity contribution in [1.82, 2.24) is 15.1 Å². The Hall–Kier alpha value is -1.72. The van der Waals surface area contributed by atoms with Gasteiger partial charge < -0.3 is 10.2 Å². The molecule has 2 saturated heterocycles. The average Bonchev–Trinajstić information content (AvgIpc) is 3.38. The number of amides is 1. The Morgan fingerprint density at radius 2 is 1.74 bits per heavy atom. The van der Waals surface area contributed by atoms with Crippen LogP contribution in [0.3, 0.4) is 0 Å². The Kier molecular flexibility index (Phi) is 5.14. The van der Waals surface area contributed by atoms with E-state index < -0.39 is 0 Å². The zero-order valence-corrected chi connectivity index (χ0v) is 18.5. The third kappa shape index (κ3) is 3.45. The van der Waals surface area contributed by atoms with E-state index in [1.54, 1.807) is 0 Å². The van der Waals surface area contributed by atoms with Crippen LogP contribution in [0.2, 0.25) is 0 Å². The molecule has 2 aliphatic carbocycles. The van der Waals surface area contributed by atoms with E-state index in [9.17, 15) is 9.59 Å². The molecule has 4 fully saturated rings. The van der Waals surface area contributed by atoms with Crippen molar-refractivity contribution >= 4 is 11.7 Å². The van der Waals surface area contributed by atoms with E-state index in [-0.39, 0.29) is 17.9 Å². The fourth-order valence-corrected chi connectivity index (χ4v) is 6.85. The Balaban J connectivity index is 1.17. The molecule has 6 rings (SSSR count). The molecule has 3 aliphatic heterocycles. The molecule has 1 aromatic carbocycles. The van der Waals surface area contributed by atoms with Gasteiger partial charge in [-0.2, -0.15) is 0 Å². The van der Waals surface area contributed by atoms with Crippen molar-refractivity contribution in [2.45, 2.75) is 88.4 Å². The van der Waals surface area contributed by atoms with Gasteiger partial charge in [0.25, 0.3) is 5.91 Å². The van der Waals surface area contributed by atoms with Crippen LogP contribution >= 0.6 is 0 Å². The molecule has 3 heterocycles. The van der Waals surface area contributed by atoms with Crippen LogP contribution in [-0.2, 0) is 11.2 Å². The minimum absolute atomic E-state index is 0.185. The summed E-state index contributed by atoms with van der Waals surface area (Å²) in [5, 5.41) is 3.47. The van der Waals surface area contributed by atoms with Crippen LogP contribution in [0.1, 0.15) is 85.3 Å². The van der Waals surface area contributed by atoms with Gasteiger partial charge in [0.15, 0.2) is 5.78 Å². The van der Waals surface area contributed by atoms with Crippen LogP contribution in [0.15, 0.2) is 18.2 Å². The Bertz CT molecular complexity index is 873. The number of hydrogen-bond acceptors (Lipinski definition) is 4. The predicted octanol–water partition coefficient (Wildman–Crippen LogP) is 3.47. The van der Waals surface area contributed by atoms with Crippen LogP contribution in [0, 0.1) is 5.92 Å². The predicted molar refractivity (Wildman–Crippen MR) is 120 cm³/mol. The lowest BCUT2D eigenvalue weighted by Crippen LogP contribution is -2.53. The second-order valence-electron chi connectivity index (χ2n) is 10.6. The molecule has 1 aromatic rings. The second kappa shape index (κ2) is 8.00. The first-order chi connectivity index (χ1) is 15.2. The first-order valence-corrected chi connectivity index (χ1v) is 12.7. The molecule has 0 radical (unpaired) electrons. The Morgan fingerprint density at radius 1 is 0.903 bits per heavy atom. The summed E-state index contributed by atoms with van der Waals surface area (Å²) in [5.74, 6) is 0.766. The number of likely N-dealkylation sites (tertiary alicyclic amines) is 2. The lowest BCUT2D eigenvalue weighted by Gasteiger charge is -2.42. The van der Waals surface area contributed by atoms with E-state index in [4.69, 9.17) is 0 Å².